The van der Waals surface area contributed by atoms with Crippen LogP contribution in [-0.4, -0.2) is 136 Å². The number of thiazole rings is 1. The smallest absolute Gasteiger partial charge is 0.329 e. The summed E-state index contributed by atoms with van der Waals surface area (Å²) in [6, 6.07) is 3.76. The fraction of sp³-hybridized carbons (Fsp3) is 0.652. The molecule has 1 saturated carbocycles. The third-order valence-electron chi connectivity index (χ3n) is 13.3. The van der Waals surface area contributed by atoms with Gasteiger partial charge in [-0.2, -0.15) is 17.0 Å². The first kappa shape index (κ1) is 49.1. The summed E-state index contributed by atoms with van der Waals surface area (Å²) in [5.41, 5.74) is -0.230. The van der Waals surface area contributed by atoms with Crippen LogP contribution in [0.5, 0.6) is 11.5 Å². The molecule has 1 aromatic carbocycles. The number of aromatic nitrogens is 2. The van der Waals surface area contributed by atoms with Crippen molar-refractivity contribution in [1.82, 2.24) is 39.4 Å². The average Bonchev–Trinajstić information content (AvgIpc) is 3.50. The van der Waals surface area contributed by atoms with E-state index in [-0.39, 0.29) is 50.5 Å². The summed E-state index contributed by atoms with van der Waals surface area (Å²) in [5.74, 6) is -1.37. The maximum absolute atomic E-state index is 15.0. The van der Waals surface area contributed by atoms with Gasteiger partial charge in [0.15, 0.2) is 5.13 Å². The fourth-order valence-corrected chi connectivity index (χ4v) is 12.0. The standard InChI is InChI=1S/C46H67N9O9S2/c1-27(2)47-44-50-36(26-65-44)35-22-38(32-17-16-30(63-8)20-34(32)48-35)64-31-21-37-40(56)52-46(42(58)59)23-29(46)14-12-10-9-11-13-15-33(41(57)54(37)24-31)49-43(60)51-39(45(5,6)7)25-53-18-19-55(28(3)4)66(53,61)62/h16-17,20,22,26-29,31,33,37,39H,9-15,18-19,21,23-25H2,1-8H3,(H,47,50)(H,52,56)(H,58,59)(H2,49,51,60)/t29?,31-,33+,37+,39-,46-/m1/s1. The normalized spacial score (nSPS) is 25.9. The second-order valence-corrected chi connectivity index (χ2v) is 22.6. The van der Waals surface area contributed by atoms with Gasteiger partial charge in [-0.15, -0.1) is 11.3 Å². The van der Waals surface area contributed by atoms with Gasteiger partial charge in [0.2, 0.25) is 11.8 Å². The van der Waals surface area contributed by atoms with Crippen LogP contribution in [0.15, 0.2) is 29.6 Å². The summed E-state index contributed by atoms with van der Waals surface area (Å²) in [7, 11) is -2.17. The largest absolute Gasteiger partial charge is 0.497 e. The Morgan fingerprint density at radius 1 is 1.02 bits per heavy atom. The van der Waals surface area contributed by atoms with E-state index < -0.39 is 69.2 Å². The summed E-state index contributed by atoms with van der Waals surface area (Å²) in [6.07, 6.45) is 4.53. The van der Waals surface area contributed by atoms with E-state index in [1.807, 2.05) is 59.9 Å². The van der Waals surface area contributed by atoms with E-state index in [9.17, 15) is 32.7 Å². The number of aliphatic carboxylic acids is 1. The van der Waals surface area contributed by atoms with Crippen LogP contribution in [0.3, 0.4) is 0 Å². The maximum atomic E-state index is 15.0. The Morgan fingerprint density at radius 3 is 2.41 bits per heavy atom. The number of amides is 4. The van der Waals surface area contributed by atoms with Crippen LogP contribution < -0.4 is 30.7 Å². The molecule has 0 radical (unpaired) electrons. The molecule has 18 nitrogen and oxygen atoms in total. The minimum atomic E-state index is -3.74. The molecule has 5 heterocycles. The summed E-state index contributed by atoms with van der Waals surface area (Å²) < 4.78 is 42.0. The molecule has 4 amide bonds. The zero-order valence-corrected chi connectivity index (χ0v) is 41.0. The molecule has 4 fully saturated rings. The lowest BCUT2D eigenvalue weighted by Crippen LogP contribution is -2.59. The Morgan fingerprint density at radius 2 is 1.74 bits per heavy atom. The first-order chi connectivity index (χ1) is 31.2. The molecule has 1 unspecified atom stereocenters. The number of rotatable bonds is 12. The number of nitrogens with one attached hydrogen (secondary N) is 4. The molecular formula is C46H67N9O9S2. The number of fused-ring (bicyclic) bond motifs is 3. The summed E-state index contributed by atoms with van der Waals surface area (Å²) in [4.78, 5) is 67.4. The van der Waals surface area contributed by atoms with Crippen molar-refractivity contribution in [2.75, 3.05) is 38.6 Å². The molecule has 6 atom stereocenters. The molecule has 2 aromatic heterocycles. The van der Waals surface area contributed by atoms with Crippen molar-refractivity contribution in [3.63, 3.8) is 0 Å². The lowest BCUT2D eigenvalue weighted by Gasteiger charge is -2.35. The summed E-state index contributed by atoms with van der Waals surface area (Å²) >= 11 is 1.45. The Balaban J connectivity index is 1.18. The first-order valence-electron chi connectivity index (χ1n) is 23.3. The molecule has 0 bridgehead atoms. The van der Waals surface area contributed by atoms with Crippen molar-refractivity contribution in [3.05, 3.63) is 29.6 Å². The van der Waals surface area contributed by atoms with Crippen LogP contribution in [-0.2, 0) is 24.6 Å². The summed E-state index contributed by atoms with van der Waals surface area (Å²) in [6.45, 7) is 14.1. The van der Waals surface area contributed by atoms with Gasteiger partial charge in [0.25, 0.3) is 10.2 Å². The number of hydrogen-bond acceptors (Lipinski definition) is 12. The van der Waals surface area contributed by atoms with Gasteiger partial charge in [0, 0.05) is 67.1 Å². The Kier molecular flexibility index (Phi) is 14.7. The molecule has 5 N–H and O–H groups in total. The van der Waals surface area contributed by atoms with E-state index in [0.29, 0.717) is 59.6 Å². The molecule has 3 aliphatic heterocycles. The van der Waals surface area contributed by atoms with E-state index in [1.54, 1.807) is 25.3 Å². The molecule has 0 spiro atoms. The van der Waals surface area contributed by atoms with Gasteiger partial charge in [0.05, 0.1) is 24.9 Å². The number of nitrogens with zero attached hydrogens (tertiary/aromatic N) is 5. The quantitative estimate of drug-likeness (QED) is 0.150. The molecule has 3 aromatic rings. The van der Waals surface area contributed by atoms with Crippen molar-refractivity contribution < 1.29 is 42.2 Å². The second kappa shape index (κ2) is 19.8. The Labute approximate surface area is 392 Å². The van der Waals surface area contributed by atoms with Crippen LogP contribution in [0.25, 0.3) is 22.3 Å². The van der Waals surface area contributed by atoms with Crippen molar-refractivity contribution in [2.24, 2.45) is 11.3 Å². The van der Waals surface area contributed by atoms with E-state index in [2.05, 4.69) is 21.3 Å². The van der Waals surface area contributed by atoms with Gasteiger partial charge in [-0.3, -0.25) is 9.59 Å². The zero-order valence-electron chi connectivity index (χ0n) is 39.4. The third-order valence-corrected chi connectivity index (χ3v) is 16.2. The Bertz CT molecular complexity index is 2390. The number of carboxylic acids is 1. The van der Waals surface area contributed by atoms with Crippen LogP contribution >= 0.6 is 11.3 Å². The molecule has 4 aliphatic rings. The topological polar surface area (TPSA) is 225 Å². The first-order valence-corrected chi connectivity index (χ1v) is 25.6. The third kappa shape index (κ3) is 10.8. The second-order valence-electron chi connectivity index (χ2n) is 19.9. The highest BCUT2D eigenvalue weighted by Gasteiger charge is 2.62. The number of anilines is 1. The van der Waals surface area contributed by atoms with E-state index >= 15 is 0 Å². The minimum Gasteiger partial charge on any atom is -0.497 e. The van der Waals surface area contributed by atoms with Crippen LogP contribution in [0.1, 0.15) is 106 Å². The number of urea groups is 1. The predicted molar refractivity (Wildman–Crippen MR) is 253 cm³/mol. The number of carboxylic acid groups (broad SMARTS) is 1. The van der Waals surface area contributed by atoms with Gasteiger partial charge >= 0.3 is 12.0 Å². The highest BCUT2D eigenvalue weighted by Crippen LogP contribution is 2.48. The Hall–Kier alpha value is -4.79. The van der Waals surface area contributed by atoms with Gasteiger partial charge in [0.1, 0.15) is 40.9 Å². The van der Waals surface area contributed by atoms with Crippen molar-refractivity contribution >= 4 is 61.4 Å². The highest BCUT2D eigenvalue weighted by molar-refractivity contribution is 7.87. The van der Waals surface area contributed by atoms with E-state index in [4.69, 9.17) is 19.4 Å². The van der Waals surface area contributed by atoms with Gasteiger partial charge < -0.3 is 40.7 Å². The van der Waals surface area contributed by atoms with Crippen molar-refractivity contribution in [2.45, 2.75) is 148 Å². The SMILES string of the molecule is COc1ccc2c(O[C@@H]3C[C@H]4C(=O)N[C@]5(C(=O)O)CC5CCCCCCC[C@H](NC(=O)N[C@H](CN5CCN(C(C)C)S5(=O)=O)C(C)(C)C)C(=O)N4C3)cc(-c3csc(NC(C)C)n3)nc2c1. The van der Waals surface area contributed by atoms with Crippen LogP contribution in [0.2, 0.25) is 0 Å². The van der Waals surface area contributed by atoms with Crippen molar-refractivity contribution in [3.8, 4) is 22.9 Å². The lowest BCUT2D eigenvalue weighted by molar-refractivity contribution is -0.145. The number of pyridine rings is 1. The molecule has 66 heavy (non-hydrogen) atoms. The van der Waals surface area contributed by atoms with E-state index in [1.165, 1.54) is 24.8 Å². The fourth-order valence-electron chi connectivity index (χ4n) is 9.37. The molecule has 7 rings (SSSR count). The molecular weight excluding hydrogens is 887 g/mol. The number of methoxy groups -OCH3 is 1. The average molecular weight is 954 g/mol. The van der Waals surface area contributed by atoms with Gasteiger partial charge in [-0.25, -0.2) is 19.6 Å². The molecule has 362 valence electrons. The number of hydrogen-bond donors (Lipinski definition) is 5. The number of carbonyl (C=O) groups excluding carboxylic acids is 3. The van der Waals surface area contributed by atoms with Gasteiger partial charge in [-0.05, 0) is 70.4 Å². The monoisotopic (exact) mass is 953 g/mol. The molecule has 1 aliphatic carbocycles. The minimum absolute atomic E-state index is 0.0293. The lowest BCUT2D eigenvalue weighted by atomic mass is 9.86. The highest BCUT2D eigenvalue weighted by atomic mass is 32.2. The number of ether oxygens (including phenoxy) is 2. The van der Waals surface area contributed by atoms with E-state index in [0.717, 1.165) is 30.8 Å². The molecule has 3 saturated heterocycles. The van der Waals surface area contributed by atoms with Crippen LogP contribution in [0, 0.1) is 11.3 Å². The molecule has 20 heteroatoms. The zero-order chi connectivity index (χ0) is 47.7. The van der Waals surface area contributed by atoms with Crippen molar-refractivity contribution in [1.29, 1.82) is 0 Å². The maximum Gasteiger partial charge on any atom is 0.329 e. The van der Waals surface area contributed by atoms with Crippen LogP contribution in [0.4, 0.5) is 9.93 Å². The van der Waals surface area contributed by atoms with Gasteiger partial charge in [-0.1, -0.05) is 52.9 Å². The predicted octanol–water partition coefficient (Wildman–Crippen LogP) is 5.59. The summed E-state index contributed by atoms with van der Waals surface area (Å²) in [5, 5.41) is 25.9. The number of carbonyl (C=O) groups is 4. The number of benzene rings is 1.